The third-order valence-corrected chi connectivity index (χ3v) is 5.00. The van der Waals surface area contributed by atoms with Crippen molar-refractivity contribution in [2.24, 2.45) is 11.8 Å². The van der Waals surface area contributed by atoms with Crippen LogP contribution in [0.2, 0.25) is 0 Å². The first-order chi connectivity index (χ1) is 11.1. The quantitative estimate of drug-likeness (QED) is 0.930. The van der Waals surface area contributed by atoms with Crippen molar-refractivity contribution in [1.29, 1.82) is 0 Å². The summed E-state index contributed by atoms with van der Waals surface area (Å²) >= 11 is 0. The van der Waals surface area contributed by atoms with Gasteiger partial charge in [0.1, 0.15) is 5.82 Å². The molecule has 23 heavy (non-hydrogen) atoms. The number of carbonyl (C=O) groups excluding carboxylic acids is 2. The number of carbonyl (C=O) groups is 2. The number of benzene rings is 1. The van der Waals surface area contributed by atoms with E-state index in [0.29, 0.717) is 12.8 Å². The molecule has 2 fully saturated rings. The second kappa shape index (κ2) is 7.11. The molecule has 1 aromatic rings. The van der Waals surface area contributed by atoms with Crippen molar-refractivity contribution < 1.29 is 14.0 Å². The molecule has 0 radical (unpaired) electrons. The lowest BCUT2D eigenvalue weighted by atomic mass is 9.81. The highest BCUT2D eigenvalue weighted by Crippen LogP contribution is 2.31. The summed E-state index contributed by atoms with van der Waals surface area (Å²) in [7, 11) is 0. The van der Waals surface area contributed by atoms with Gasteiger partial charge in [-0.25, -0.2) is 4.39 Å². The monoisotopic (exact) mass is 318 g/mol. The van der Waals surface area contributed by atoms with Gasteiger partial charge in [0, 0.05) is 24.9 Å². The molecule has 1 aliphatic heterocycles. The Kier molecular flexibility index (Phi) is 4.94. The molecule has 2 aliphatic rings. The molecule has 4 nitrogen and oxygen atoms in total. The van der Waals surface area contributed by atoms with Gasteiger partial charge in [-0.2, -0.15) is 0 Å². The van der Waals surface area contributed by atoms with Gasteiger partial charge >= 0.3 is 0 Å². The van der Waals surface area contributed by atoms with Crippen LogP contribution in [-0.2, 0) is 9.59 Å². The summed E-state index contributed by atoms with van der Waals surface area (Å²) in [6.07, 6.45) is 5.11. The number of anilines is 1. The van der Waals surface area contributed by atoms with E-state index in [4.69, 9.17) is 0 Å². The van der Waals surface area contributed by atoms with Crippen molar-refractivity contribution in [3.05, 3.63) is 30.1 Å². The van der Waals surface area contributed by atoms with Crippen molar-refractivity contribution in [2.45, 2.75) is 38.5 Å². The molecule has 0 bridgehead atoms. The molecule has 1 aliphatic carbocycles. The summed E-state index contributed by atoms with van der Waals surface area (Å²) < 4.78 is 13.6. The minimum absolute atomic E-state index is 0.0608. The molecule has 1 heterocycles. The zero-order valence-electron chi connectivity index (χ0n) is 13.3. The van der Waals surface area contributed by atoms with Crippen LogP contribution >= 0.6 is 0 Å². The summed E-state index contributed by atoms with van der Waals surface area (Å²) in [6, 6.07) is 6.20. The molecule has 1 N–H and O–H groups in total. The number of nitrogens with zero attached hydrogens (tertiary/aromatic N) is 1. The molecular weight excluding hydrogens is 295 g/mol. The molecule has 0 unspecified atom stereocenters. The summed E-state index contributed by atoms with van der Waals surface area (Å²) in [5.74, 6) is -0.362. The first-order valence-corrected chi connectivity index (χ1v) is 8.49. The van der Waals surface area contributed by atoms with E-state index < -0.39 is 5.82 Å². The molecule has 5 heteroatoms. The van der Waals surface area contributed by atoms with Gasteiger partial charge < -0.3 is 10.2 Å². The standard InChI is InChI=1S/C18H23FN2O2/c19-15-5-1-2-6-16(15)20-17(22)13-7-9-14(10-8-13)18(23)21-11-3-4-12-21/h1-2,5-6,13-14H,3-4,7-12H2,(H,20,22). The van der Waals surface area contributed by atoms with Gasteiger partial charge in [0.15, 0.2) is 0 Å². The highest BCUT2D eigenvalue weighted by molar-refractivity contribution is 5.92. The van der Waals surface area contributed by atoms with Crippen LogP contribution in [0.1, 0.15) is 38.5 Å². The first kappa shape index (κ1) is 16.0. The van der Waals surface area contributed by atoms with Gasteiger partial charge in [-0.15, -0.1) is 0 Å². The van der Waals surface area contributed by atoms with Gasteiger partial charge in [-0.3, -0.25) is 9.59 Å². The van der Waals surface area contributed by atoms with Gasteiger partial charge in [0.2, 0.25) is 11.8 Å². The van der Waals surface area contributed by atoms with E-state index in [1.165, 1.54) is 6.07 Å². The Balaban J connectivity index is 1.51. The number of hydrogen-bond acceptors (Lipinski definition) is 2. The minimum atomic E-state index is -0.418. The largest absolute Gasteiger partial charge is 0.342 e. The first-order valence-electron chi connectivity index (χ1n) is 8.49. The normalized spacial score (nSPS) is 24.5. The number of likely N-dealkylation sites (tertiary alicyclic amines) is 1. The lowest BCUT2D eigenvalue weighted by Gasteiger charge is -2.29. The van der Waals surface area contributed by atoms with Crippen LogP contribution in [-0.4, -0.2) is 29.8 Å². The molecule has 3 rings (SSSR count). The maximum Gasteiger partial charge on any atom is 0.227 e. The molecular formula is C18H23FN2O2. The third kappa shape index (κ3) is 3.71. The highest BCUT2D eigenvalue weighted by Gasteiger charge is 2.33. The predicted molar refractivity (Wildman–Crippen MR) is 86.3 cm³/mol. The molecule has 1 saturated heterocycles. The van der Waals surface area contributed by atoms with E-state index in [0.717, 1.165) is 38.8 Å². The topological polar surface area (TPSA) is 49.4 Å². The Hall–Kier alpha value is -1.91. The Bertz CT molecular complexity index is 576. The van der Waals surface area contributed by atoms with Crippen LogP contribution in [0.5, 0.6) is 0 Å². The van der Waals surface area contributed by atoms with Crippen molar-refractivity contribution in [2.75, 3.05) is 18.4 Å². The van der Waals surface area contributed by atoms with Crippen molar-refractivity contribution >= 4 is 17.5 Å². The number of rotatable bonds is 3. The summed E-state index contributed by atoms with van der Waals surface area (Å²) in [6.45, 7) is 1.76. The lowest BCUT2D eigenvalue weighted by molar-refractivity contribution is -0.136. The maximum absolute atomic E-state index is 13.6. The second-order valence-electron chi connectivity index (χ2n) is 6.55. The Labute approximate surface area is 136 Å². The lowest BCUT2D eigenvalue weighted by Crippen LogP contribution is -2.37. The smallest absolute Gasteiger partial charge is 0.227 e. The van der Waals surface area contributed by atoms with E-state index in [1.54, 1.807) is 18.2 Å². The fraction of sp³-hybridized carbons (Fsp3) is 0.556. The van der Waals surface area contributed by atoms with E-state index in [9.17, 15) is 14.0 Å². The molecule has 0 atom stereocenters. The molecule has 2 amide bonds. The van der Waals surface area contributed by atoms with Crippen molar-refractivity contribution in [1.82, 2.24) is 4.90 Å². The van der Waals surface area contributed by atoms with Crippen LogP contribution in [0.3, 0.4) is 0 Å². The average Bonchev–Trinajstić information content (AvgIpc) is 3.11. The van der Waals surface area contributed by atoms with E-state index in [-0.39, 0.29) is 29.3 Å². The molecule has 0 aromatic heterocycles. The fourth-order valence-electron chi connectivity index (χ4n) is 3.60. The number of para-hydroxylation sites is 1. The number of hydrogen-bond donors (Lipinski definition) is 1. The van der Waals surface area contributed by atoms with Crippen molar-refractivity contribution in [3.63, 3.8) is 0 Å². The number of halogens is 1. The van der Waals surface area contributed by atoms with Crippen LogP contribution < -0.4 is 5.32 Å². The maximum atomic E-state index is 13.6. The Morgan fingerprint density at radius 1 is 1.00 bits per heavy atom. The Morgan fingerprint density at radius 2 is 1.61 bits per heavy atom. The third-order valence-electron chi connectivity index (χ3n) is 5.00. The highest BCUT2D eigenvalue weighted by atomic mass is 19.1. The van der Waals surface area contributed by atoms with E-state index >= 15 is 0 Å². The SMILES string of the molecule is O=C(Nc1ccccc1F)C1CCC(C(=O)N2CCCC2)CC1. The van der Waals surface area contributed by atoms with Crippen LogP contribution in [0, 0.1) is 17.7 Å². The summed E-state index contributed by atoms with van der Waals surface area (Å²) in [5.41, 5.74) is 0.229. The zero-order valence-corrected chi connectivity index (χ0v) is 13.3. The minimum Gasteiger partial charge on any atom is -0.342 e. The predicted octanol–water partition coefficient (Wildman–Crippen LogP) is 3.19. The Morgan fingerprint density at radius 3 is 2.26 bits per heavy atom. The van der Waals surface area contributed by atoms with Crippen LogP contribution in [0.25, 0.3) is 0 Å². The fourth-order valence-corrected chi connectivity index (χ4v) is 3.60. The number of nitrogens with one attached hydrogen (secondary N) is 1. The van der Waals surface area contributed by atoms with Gasteiger partial charge in [-0.1, -0.05) is 12.1 Å². The van der Waals surface area contributed by atoms with Gasteiger partial charge in [0.25, 0.3) is 0 Å². The van der Waals surface area contributed by atoms with E-state index in [2.05, 4.69) is 5.32 Å². The molecule has 1 saturated carbocycles. The average molecular weight is 318 g/mol. The van der Waals surface area contributed by atoms with Gasteiger partial charge in [0.05, 0.1) is 5.69 Å². The molecule has 124 valence electrons. The molecule has 1 aromatic carbocycles. The molecule has 0 spiro atoms. The zero-order chi connectivity index (χ0) is 16.2. The second-order valence-corrected chi connectivity index (χ2v) is 6.55. The van der Waals surface area contributed by atoms with Gasteiger partial charge in [-0.05, 0) is 50.7 Å². The number of amides is 2. The summed E-state index contributed by atoms with van der Waals surface area (Å²) in [4.78, 5) is 26.6. The van der Waals surface area contributed by atoms with Crippen molar-refractivity contribution in [3.8, 4) is 0 Å². The van der Waals surface area contributed by atoms with Crippen LogP contribution in [0.4, 0.5) is 10.1 Å². The van der Waals surface area contributed by atoms with Crippen LogP contribution in [0.15, 0.2) is 24.3 Å². The van der Waals surface area contributed by atoms with E-state index in [1.807, 2.05) is 4.90 Å². The summed E-state index contributed by atoms with van der Waals surface area (Å²) in [5, 5.41) is 2.67.